The number of aromatic nitrogens is 4. The lowest BCUT2D eigenvalue weighted by Gasteiger charge is -2.70. The summed E-state index contributed by atoms with van der Waals surface area (Å²) in [6.07, 6.45) is -0.768. The molecular weight excluding hydrogens is 457 g/mol. The lowest BCUT2D eigenvalue weighted by Crippen LogP contribution is -2.70. The number of halogens is 3. The molecule has 0 amide bonds. The van der Waals surface area contributed by atoms with Crippen molar-refractivity contribution in [2.24, 2.45) is 12.5 Å². The van der Waals surface area contributed by atoms with Crippen LogP contribution >= 0.6 is 0 Å². The predicted octanol–water partition coefficient (Wildman–Crippen LogP) is 4.96. The van der Waals surface area contributed by atoms with E-state index in [0.29, 0.717) is 24.2 Å². The summed E-state index contributed by atoms with van der Waals surface area (Å²) in [6, 6.07) is 5.33. The summed E-state index contributed by atoms with van der Waals surface area (Å²) in [5, 5.41) is 0. The normalized spacial score (nSPS) is 30.1. The largest absolute Gasteiger partial charge is 0.394 e. The van der Waals surface area contributed by atoms with Crippen LogP contribution < -0.4 is 5.56 Å². The van der Waals surface area contributed by atoms with E-state index < -0.39 is 17.0 Å². The van der Waals surface area contributed by atoms with Crippen molar-refractivity contribution in [3.8, 4) is 0 Å². The van der Waals surface area contributed by atoms with Gasteiger partial charge in [0.25, 0.3) is 0 Å². The van der Waals surface area contributed by atoms with Crippen LogP contribution in [0.2, 0.25) is 0 Å². The molecule has 7 rings (SSSR count). The van der Waals surface area contributed by atoms with Gasteiger partial charge in [0, 0.05) is 42.9 Å². The molecule has 2 bridgehead atoms. The van der Waals surface area contributed by atoms with E-state index in [1.54, 1.807) is 19.3 Å². The van der Waals surface area contributed by atoms with Crippen molar-refractivity contribution in [3.05, 3.63) is 63.0 Å². The van der Waals surface area contributed by atoms with Crippen molar-refractivity contribution in [1.29, 1.82) is 0 Å². The van der Waals surface area contributed by atoms with Gasteiger partial charge in [-0.2, -0.15) is 13.2 Å². The first-order chi connectivity index (χ1) is 16.5. The number of hydrogen-bond acceptors (Lipinski definition) is 5. The van der Waals surface area contributed by atoms with Crippen LogP contribution in [0.3, 0.4) is 0 Å². The molecular formula is C26H27F3N4O2. The molecule has 35 heavy (non-hydrogen) atoms. The van der Waals surface area contributed by atoms with E-state index in [1.165, 1.54) is 10.6 Å². The van der Waals surface area contributed by atoms with Crippen molar-refractivity contribution >= 4 is 11.2 Å². The van der Waals surface area contributed by atoms with E-state index in [-0.39, 0.29) is 36.8 Å². The van der Waals surface area contributed by atoms with Crippen LogP contribution in [-0.2, 0) is 17.2 Å². The maximum Gasteiger partial charge on any atom is 0.394 e. The summed E-state index contributed by atoms with van der Waals surface area (Å²) in [5.41, 5.74) is 3.20. The summed E-state index contributed by atoms with van der Waals surface area (Å²) < 4.78 is 48.3. The van der Waals surface area contributed by atoms with Gasteiger partial charge in [-0.15, -0.1) is 0 Å². The summed E-state index contributed by atoms with van der Waals surface area (Å²) in [6.45, 7) is 4.28. The van der Waals surface area contributed by atoms with Crippen LogP contribution in [0, 0.1) is 19.3 Å². The van der Waals surface area contributed by atoms with Crippen molar-refractivity contribution in [1.82, 2.24) is 19.5 Å². The number of alkyl halides is 3. The smallest absolute Gasteiger partial charge is 0.373 e. The molecule has 3 aromatic heterocycles. The van der Waals surface area contributed by atoms with Gasteiger partial charge in [-0.05, 0) is 69.2 Å². The average Bonchev–Trinajstić information content (AvgIpc) is 2.74. The topological polar surface area (TPSA) is 69.9 Å². The fourth-order valence-electron chi connectivity index (χ4n) is 6.31. The van der Waals surface area contributed by atoms with E-state index in [2.05, 4.69) is 4.98 Å². The molecule has 2 atom stereocenters. The molecule has 6 nitrogen and oxygen atoms in total. The quantitative estimate of drug-likeness (QED) is 0.526. The van der Waals surface area contributed by atoms with Crippen molar-refractivity contribution in [2.75, 3.05) is 6.61 Å². The van der Waals surface area contributed by atoms with Gasteiger partial charge in [0.2, 0.25) is 5.56 Å². The molecule has 0 spiro atoms. The van der Waals surface area contributed by atoms with Crippen molar-refractivity contribution < 1.29 is 17.9 Å². The van der Waals surface area contributed by atoms with Crippen LogP contribution in [0.4, 0.5) is 13.2 Å². The van der Waals surface area contributed by atoms with Crippen LogP contribution in [-0.4, -0.2) is 32.3 Å². The van der Waals surface area contributed by atoms with Crippen LogP contribution in [0.1, 0.15) is 72.3 Å². The van der Waals surface area contributed by atoms with Gasteiger partial charge in [-0.3, -0.25) is 4.79 Å². The van der Waals surface area contributed by atoms with Crippen molar-refractivity contribution in [2.45, 2.75) is 69.6 Å². The Morgan fingerprint density at radius 3 is 2.49 bits per heavy atom. The third-order valence-electron chi connectivity index (χ3n) is 8.46. The molecule has 184 valence electrons. The summed E-state index contributed by atoms with van der Waals surface area (Å²) in [4.78, 5) is 26.1. The number of fused-ring (bicyclic) bond motifs is 1. The zero-order valence-electron chi connectivity index (χ0n) is 19.9. The van der Waals surface area contributed by atoms with Gasteiger partial charge in [0.1, 0.15) is 5.52 Å². The Balaban J connectivity index is 1.38. The number of aryl methyl sites for hydroxylation is 3. The second-order valence-electron chi connectivity index (χ2n) is 10.7. The Morgan fingerprint density at radius 2 is 1.80 bits per heavy atom. The van der Waals surface area contributed by atoms with E-state index >= 15 is 0 Å². The molecule has 3 saturated carbocycles. The number of nitrogens with zero attached hydrogens (tertiary/aromatic N) is 4. The molecule has 4 aliphatic rings. The lowest BCUT2D eigenvalue weighted by molar-refractivity contribution is -0.336. The molecule has 1 aliphatic heterocycles. The maximum absolute atomic E-state index is 13.6. The minimum absolute atomic E-state index is 0.0708. The lowest BCUT2D eigenvalue weighted by atomic mass is 9.33. The minimum atomic E-state index is -4.16. The first-order valence-electron chi connectivity index (χ1n) is 12.0. The zero-order chi connectivity index (χ0) is 24.8. The van der Waals surface area contributed by atoms with Crippen molar-refractivity contribution in [3.63, 3.8) is 0 Å². The average molecular weight is 485 g/mol. The highest BCUT2D eigenvalue weighted by molar-refractivity contribution is 5.77. The Hall–Kier alpha value is -2.81. The summed E-state index contributed by atoms with van der Waals surface area (Å²) in [5.74, 6) is 0.0708. The molecule has 3 aromatic rings. The summed E-state index contributed by atoms with van der Waals surface area (Å²) in [7, 11) is 1.71. The van der Waals surface area contributed by atoms with Gasteiger partial charge >= 0.3 is 6.18 Å². The fraction of sp³-hybridized carbons (Fsp3) is 0.538. The fourth-order valence-corrected chi connectivity index (χ4v) is 6.31. The van der Waals surface area contributed by atoms with Crippen LogP contribution in [0.5, 0.6) is 0 Å². The second kappa shape index (κ2) is 7.35. The summed E-state index contributed by atoms with van der Waals surface area (Å²) >= 11 is 0. The molecule has 9 heteroatoms. The number of hydrogen-bond donors (Lipinski definition) is 0. The standard InChI is InChI=1S/C26H27F3N4O2/c1-14-15(2)31-23-22(30-14)18(24-11-25(12-24,13-24)26(27,28)29)9-19(32-23)16-6-7-35-20(8-16)17-4-5-21(34)33(3)10-17/h4-5,9-10,16,20H,6-8,11-13H2,1-3H3/t16-,20+,24?,25?/m1/s1. The Labute approximate surface area is 200 Å². The Bertz CT molecular complexity index is 1390. The molecule has 0 unspecified atom stereocenters. The zero-order valence-corrected chi connectivity index (χ0v) is 19.9. The highest BCUT2D eigenvalue weighted by Crippen LogP contribution is 2.79. The molecule has 4 heterocycles. The number of rotatable bonds is 3. The number of pyridine rings is 2. The molecule has 3 aliphatic carbocycles. The molecule has 0 N–H and O–H groups in total. The Morgan fingerprint density at radius 1 is 1.09 bits per heavy atom. The highest BCUT2D eigenvalue weighted by Gasteiger charge is 2.79. The van der Waals surface area contributed by atoms with Gasteiger partial charge in [-0.25, -0.2) is 15.0 Å². The van der Waals surface area contributed by atoms with E-state index in [1.807, 2.05) is 19.9 Å². The molecule has 0 aromatic carbocycles. The van der Waals surface area contributed by atoms with Crippen LogP contribution in [0.15, 0.2) is 29.2 Å². The molecule has 0 radical (unpaired) electrons. The predicted molar refractivity (Wildman–Crippen MR) is 123 cm³/mol. The molecule has 4 fully saturated rings. The van der Waals surface area contributed by atoms with Crippen LogP contribution in [0.25, 0.3) is 11.2 Å². The van der Waals surface area contributed by atoms with E-state index in [4.69, 9.17) is 14.7 Å². The van der Waals surface area contributed by atoms with Gasteiger partial charge < -0.3 is 9.30 Å². The third kappa shape index (κ3) is 3.34. The van der Waals surface area contributed by atoms with E-state index in [9.17, 15) is 18.0 Å². The highest BCUT2D eigenvalue weighted by atomic mass is 19.4. The minimum Gasteiger partial charge on any atom is -0.373 e. The SMILES string of the molecule is Cc1nc2nc([C@@H]3CCO[C@H](c4ccc(=O)n(C)c4)C3)cc(C34CC(C(F)(F)F)(C3)C4)c2nc1C. The van der Waals surface area contributed by atoms with E-state index in [0.717, 1.165) is 34.6 Å². The first kappa shape index (κ1) is 22.6. The maximum atomic E-state index is 13.6. The van der Waals surface area contributed by atoms with Gasteiger partial charge in [-0.1, -0.05) is 0 Å². The van der Waals surface area contributed by atoms with Gasteiger partial charge in [0.05, 0.1) is 22.9 Å². The second-order valence-corrected chi connectivity index (χ2v) is 10.7. The number of ether oxygens (including phenoxy) is 1. The monoisotopic (exact) mass is 484 g/mol. The molecule has 1 saturated heterocycles. The first-order valence-corrected chi connectivity index (χ1v) is 12.0. The third-order valence-corrected chi connectivity index (χ3v) is 8.46. The Kier molecular flexibility index (Phi) is 4.75. The van der Waals surface area contributed by atoms with Gasteiger partial charge in [0.15, 0.2) is 5.65 Å².